The second kappa shape index (κ2) is 13.5. The van der Waals surface area contributed by atoms with Gasteiger partial charge in [0.15, 0.2) is 6.10 Å². The highest BCUT2D eigenvalue weighted by molar-refractivity contribution is 6.35. The Morgan fingerprint density at radius 3 is 2.38 bits per heavy atom. The third kappa shape index (κ3) is 8.13. The summed E-state index contributed by atoms with van der Waals surface area (Å²) in [5, 5.41) is 7.51. The molecule has 10 heteroatoms. The van der Waals surface area contributed by atoms with Crippen molar-refractivity contribution in [1.29, 1.82) is 0 Å². The Hall–Kier alpha value is -3.75. The highest BCUT2D eigenvalue weighted by Crippen LogP contribution is 2.28. The van der Waals surface area contributed by atoms with Crippen LogP contribution in [0.3, 0.4) is 0 Å². The molecular weight excluding hydrogens is 517 g/mol. The zero-order valence-corrected chi connectivity index (χ0v) is 22.0. The predicted octanol–water partition coefficient (Wildman–Crippen LogP) is 4.66. The fraction of sp³-hybridized carbons (Fsp3) is 0.222. The molecule has 0 aromatic heterocycles. The minimum absolute atomic E-state index is 0.244. The number of hydrogen-bond donors (Lipinski definition) is 2. The van der Waals surface area contributed by atoms with Crippen molar-refractivity contribution in [2.45, 2.75) is 25.5 Å². The van der Waals surface area contributed by atoms with Gasteiger partial charge in [0.25, 0.3) is 11.8 Å². The van der Waals surface area contributed by atoms with E-state index < -0.39 is 24.0 Å². The topological polar surface area (TPSA) is 98.2 Å². The van der Waals surface area contributed by atoms with Gasteiger partial charge in [0.2, 0.25) is 0 Å². The molecule has 37 heavy (non-hydrogen) atoms. The third-order valence-corrected chi connectivity index (χ3v) is 5.83. The number of methoxy groups -OCH3 is 2. The van der Waals surface area contributed by atoms with Crippen molar-refractivity contribution in [2.75, 3.05) is 14.2 Å². The number of rotatable bonds is 11. The molecule has 0 aliphatic rings. The first-order valence-corrected chi connectivity index (χ1v) is 12.1. The summed E-state index contributed by atoms with van der Waals surface area (Å²) in [5.41, 5.74) is 3.99. The molecule has 0 saturated heterocycles. The SMILES string of the molecule is COc1ccc(/C=N\NC(=O)[C@H](Cc2ccccc2)NC(=O)[C@H](C)Oc2ccc(Cl)cc2Cl)c(OC)c1. The Kier molecular flexibility index (Phi) is 10.2. The van der Waals surface area contributed by atoms with Gasteiger partial charge in [-0.1, -0.05) is 53.5 Å². The van der Waals surface area contributed by atoms with E-state index in [0.29, 0.717) is 27.8 Å². The molecule has 0 unspecified atom stereocenters. The minimum atomic E-state index is -0.934. The van der Waals surface area contributed by atoms with E-state index in [-0.39, 0.29) is 11.4 Å². The number of amides is 2. The fourth-order valence-corrected chi connectivity index (χ4v) is 3.78. The van der Waals surface area contributed by atoms with Gasteiger partial charge in [-0.3, -0.25) is 9.59 Å². The van der Waals surface area contributed by atoms with Gasteiger partial charge >= 0.3 is 0 Å². The summed E-state index contributed by atoms with van der Waals surface area (Å²) in [4.78, 5) is 26.0. The lowest BCUT2D eigenvalue weighted by molar-refractivity contribution is -0.132. The van der Waals surface area contributed by atoms with Crippen molar-refractivity contribution in [3.8, 4) is 17.2 Å². The van der Waals surface area contributed by atoms with Gasteiger partial charge in [0.05, 0.1) is 25.5 Å². The van der Waals surface area contributed by atoms with Crippen LogP contribution >= 0.6 is 23.2 Å². The van der Waals surface area contributed by atoms with Crippen molar-refractivity contribution in [1.82, 2.24) is 10.7 Å². The van der Waals surface area contributed by atoms with Gasteiger partial charge in [0, 0.05) is 23.1 Å². The summed E-state index contributed by atoms with van der Waals surface area (Å²) in [6.07, 6.45) is 0.761. The molecule has 0 bridgehead atoms. The lowest BCUT2D eigenvalue weighted by Crippen LogP contribution is -2.50. The van der Waals surface area contributed by atoms with Crippen molar-refractivity contribution in [3.05, 3.63) is 87.9 Å². The standard InChI is InChI=1S/C27H27Cl2N3O5/c1-17(37-24-12-10-20(28)14-22(24)29)26(33)31-23(13-18-7-5-4-6-8-18)27(34)32-30-16-19-9-11-21(35-2)15-25(19)36-3/h4-12,14-17,23H,13H2,1-3H3,(H,31,33)(H,32,34)/b30-16-/t17-,23-/m0/s1. The van der Waals surface area contributed by atoms with E-state index in [9.17, 15) is 9.59 Å². The van der Waals surface area contributed by atoms with Gasteiger partial charge < -0.3 is 19.5 Å². The first-order valence-electron chi connectivity index (χ1n) is 11.3. The zero-order chi connectivity index (χ0) is 26.8. The molecule has 2 amide bonds. The van der Waals surface area contributed by atoms with Crippen molar-refractivity contribution >= 4 is 41.2 Å². The summed E-state index contributed by atoms with van der Waals surface area (Å²) >= 11 is 12.1. The highest BCUT2D eigenvalue weighted by Gasteiger charge is 2.25. The highest BCUT2D eigenvalue weighted by atomic mass is 35.5. The second-order valence-corrected chi connectivity index (χ2v) is 8.77. The number of halogens is 2. The molecule has 3 rings (SSSR count). The van der Waals surface area contributed by atoms with Crippen LogP contribution in [-0.2, 0) is 16.0 Å². The van der Waals surface area contributed by atoms with Crippen molar-refractivity contribution in [3.63, 3.8) is 0 Å². The van der Waals surface area contributed by atoms with Crippen LogP contribution in [0, 0.1) is 0 Å². The molecule has 3 aromatic rings. The van der Waals surface area contributed by atoms with Crippen LogP contribution in [0.1, 0.15) is 18.1 Å². The number of nitrogens with zero attached hydrogens (tertiary/aromatic N) is 1. The summed E-state index contributed by atoms with van der Waals surface area (Å²) in [7, 11) is 3.08. The van der Waals surface area contributed by atoms with Crippen molar-refractivity contribution < 1.29 is 23.8 Å². The maximum atomic E-state index is 13.0. The van der Waals surface area contributed by atoms with Gasteiger partial charge in [-0.05, 0) is 42.8 Å². The number of ether oxygens (including phenoxy) is 3. The average Bonchev–Trinajstić information content (AvgIpc) is 2.90. The Bertz CT molecular complexity index is 1250. The molecule has 2 N–H and O–H groups in total. The van der Waals surface area contributed by atoms with Crippen molar-refractivity contribution in [2.24, 2.45) is 5.10 Å². The molecule has 8 nitrogen and oxygen atoms in total. The molecule has 0 radical (unpaired) electrons. The van der Waals surface area contributed by atoms with E-state index in [4.69, 9.17) is 37.4 Å². The van der Waals surface area contributed by atoms with Crippen LogP contribution in [0.25, 0.3) is 0 Å². The monoisotopic (exact) mass is 543 g/mol. The van der Waals surface area contributed by atoms with E-state index in [1.165, 1.54) is 19.4 Å². The third-order valence-electron chi connectivity index (χ3n) is 5.30. The minimum Gasteiger partial charge on any atom is -0.497 e. The van der Waals surface area contributed by atoms with E-state index in [1.54, 1.807) is 44.4 Å². The molecule has 0 saturated carbocycles. The molecule has 3 aromatic carbocycles. The molecule has 0 aliphatic heterocycles. The van der Waals surface area contributed by atoms with Gasteiger partial charge in [-0.15, -0.1) is 0 Å². The smallest absolute Gasteiger partial charge is 0.262 e. The summed E-state index contributed by atoms with van der Waals surface area (Å²) in [5.74, 6) is 0.453. The summed E-state index contributed by atoms with van der Waals surface area (Å²) < 4.78 is 16.2. The van der Waals surface area contributed by atoms with Crippen LogP contribution in [0.15, 0.2) is 71.8 Å². The number of carbonyl (C=O) groups is 2. The molecule has 0 heterocycles. The fourth-order valence-electron chi connectivity index (χ4n) is 3.33. The largest absolute Gasteiger partial charge is 0.497 e. The quantitative estimate of drug-likeness (QED) is 0.271. The number of hydrogen-bond acceptors (Lipinski definition) is 6. The molecule has 0 spiro atoms. The maximum Gasteiger partial charge on any atom is 0.262 e. The number of hydrazone groups is 1. The number of carbonyl (C=O) groups excluding carboxylic acids is 2. The molecule has 2 atom stereocenters. The van der Waals surface area contributed by atoms with Crippen LogP contribution in [0.2, 0.25) is 10.0 Å². The first kappa shape index (κ1) is 27.8. The number of benzene rings is 3. The second-order valence-electron chi connectivity index (χ2n) is 7.93. The van der Waals surface area contributed by atoms with Gasteiger partial charge in [-0.2, -0.15) is 5.10 Å². The Balaban J connectivity index is 1.71. The molecular formula is C27H27Cl2N3O5. The van der Waals surface area contributed by atoms with E-state index in [0.717, 1.165) is 5.56 Å². The predicted molar refractivity (Wildman–Crippen MR) is 144 cm³/mol. The molecule has 0 aliphatic carbocycles. The molecule has 194 valence electrons. The van der Waals surface area contributed by atoms with Gasteiger partial charge in [0.1, 0.15) is 23.3 Å². The average molecular weight is 544 g/mol. The summed E-state index contributed by atoms with van der Waals surface area (Å²) in [6.45, 7) is 1.56. The van der Waals surface area contributed by atoms with Crippen LogP contribution in [-0.4, -0.2) is 44.4 Å². The lowest BCUT2D eigenvalue weighted by atomic mass is 10.1. The normalized spacial score (nSPS) is 12.5. The molecule has 0 fully saturated rings. The lowest BCUT2D eigenvalue weighted by Gasteiger charge is -2.21. The zero-order valence-electron chi connectivity index (χ0n) is 20.5. The van der Waals surface area contributed by atoms with Gasteiger partial charge in [-0.25, -0.2) is 5.43 Å². The Morgan fingerprint density at radius 2 is 1.70 bits per heavy atom. The van der Waals surface area contributed by atoms with E-state index >= 15 is 0 Å². The first-order chi connectivity index (χ1) is 17.8. The van der Waals surface area contributed by atoms with Crippen LogP contribution in [0.4, 0.5) is 0 Å². The maximum absolute atomic E-state index is 13.0. The van der Waals surface area contributed by atoms with Crippen LogP contribution in [0.5, 0.6) is 17.2 Å². The Morgan fingerprint density at radius 1 is 0.946 bits per heavy atom. The van der Waals surface area contributed by atoms with E-state index in [2.05, 4.69) is 15.8 Å². The van der Waals surface area contributed by atoms with Crippen LogP contribution < -0.4 is 25.0 Å². The Labute approximate surface area is 225 Å². The summed E-state index contributed by atoms with van der Waals surface area (Å²) in [6, 6.07) is 18.3. The van der Waals surface area contributed by atoms with E-state index in [1.807, 2.05) is 30.3 Å². The number of nitrogens with one attached hydrogen (secondary N) is 2.